The van der Waals surface area contributed by atoms with Crippen LogP contribution in [0.3, 0.4) is 0 Å². The SMILES string of the molecule is Cc1cc(Cl)nc(CCC[C@H](C)N)c1. The molecule has 1 aromatic rings. The summed E-state index contributed by atoms with van der Waals surface area (Å²) in [6, 6.07) is 4.22. The molecule has 0 aliphatic carbocycles. The summed E-state index contributed by atoms with van der Waals surface area (Å²) in [6.07, 6.45) is 3.07. The van der Waals surface area contributed by atoms with Gasteiger partial charge < -0.3 is 5.73 Å². The van der Waals surface area contributed by atoms with Gasteiger partial charge in [0.2, 0.25) is 0 Å². The first-order chi connectivity index (χ1) is 6.58. The third-order valence-corrected chi connectivity index (χ3v) is 2.28. The number of aryl methyl sites for hydroxylation is 2. The molecule has 1 atom stereocenters. The van der Waals surface area contributed by atoms with Crippen LogP contribution in [0.25, 0.3) is 0 Å². The zero-order chi connectivity index (χ0) is 10.6. The zero-order valence-electron chi connectivity index (χ0n) is 8.76. The Bertz CT molecular complexity index is 277. The number of halogens is 1. The number of nitrogens with two attached hydrogens (primary N) is 1. The number of nitrogens with zero attached hydrogens (tertiary/aromatic N) is 1. The predicted octanol–water partition coefficient (Wildman–Crippen LogP) is 2.71. The van der Waals surface area contributed by atoms with Crippen LogP contribution in [-0.4, -0.2) is 11.0 Å². The van der Waals surface area contributed by atoms with Crippen molar-refractivity contribution in [2.24, 2.45) is 5.73 Å². The number of pyridine rings is 1. The van der Waals surface area contributed by atoms with Gasteiger partial charge in [-0.2, -0.15) is 0 Å². The van der Waals surface area contributed by atoms with E-state index in [9.17, 15) is 0 Å². The van der Waals surface area contributed by atoms with Gasteiger partial charge in [-0.15, -0.1) is 0 Å². The van der Waals surface area contributed by atoms with E-state index in [-0.39, 0.29) is 6.04 Å². The smallest absolute Gasteiger partial charge is 0.129 e. The first-order valence-electron chi connectivity index (χ1n) is 4.96. The Morgan fingerprint density at radius 1 is 1.50 bits per heavy atom. The summed E-state index contributed by atoms with van der Waals surface area (Å²) < 4.78 is 0. The summed E-state index contributed by atoms with van der Waals surface area (Å²) in [4.78, 5) is 4.26. The van der Waals surface area contributed by atoms with Gasteiger partial charge in [-0.3, -0.25) is 0 Å². The molecule has 0 aromatic carbocycles. The Morgan fingerprint density at radius 3 is 2.79 bits per heavy atom. The highest BCUT2D eigenvalue weighted by molar-refractivity contribution is 6.29. The van der Waals surface area contributed by atoms with Crippen LogP contribution in [0.15, 0.2) is 12.1 Å². The van der Waals surface area contributed by atoms with Gasteiger partial charge in [-0.1, -0.05) is 11.6 Å². The van der Waals surface area contributed by atoms with Crippen molar-refractivity contribution in [2.75, 3.05) is 0 Å². The number of rotatable bonds is 4. The number of aromatic nitrogens is 1. The van der Waals surface area contributed by atoms with E-state index in [0.717, 1.165) is 25.0 Å². The molecule has 0 saturated heterocycles. The highest BCUT2D eigenvalue weighted by Crippen LogP contribution is 2.12. The first-order valence-corrected chi connectivity index (χ1v) is 5.34. The number of hydrogen-bond donors (Lipinski definition) is 1. The first kappa shape index (κ1) is 11.5. The van der Waals surface area contributed by atoms with Gasteiger partial charge in [0, 0.05) is 11.7 Å². The van der Waals surface area contributed by atoms with Crippen LogP contribution in [-0.2, 0) is 6.42 Å². The second kappa shape index (κ2) is 5.32. The van der Waals surface area contributed by atoms with Gasteiger partial charge in [0.1, 0.15) is 5.15 Å². The molecule has 3 heteroatoms. The van der Waals surface area contributed by atoms with E-state index in [1.54, 1.807) is 0 Å². The van der Waals surface area contributed by atoms with Gasteiger partial charge in [-0.25, -0.2) is 4.98 Å². The standard InChI is InChI=1S/C11H17ClN2/c1-8-6-10(14-11(12)7-8)5-3-4-9(2)13/h6-7,9H,3-5,13H2,1-2H3/t9-/m0/s1. The monoisotopic (exact) mass is 212 g/mol. The van der Waals surface area contributed by atoms with Crippen molar-refractivity contribution in [2.45, 2.75) is 39.2 Å². The Labute approximate surface area is 90.5 Å². The number of hydrogen-bond acceptors (Lipinski definition) is 2. The molecular formula is C11H17ClN2. The lowest BCUT2D eigenvalue weighted by Gasteiger charge is -2.05. The van der Waals surface area contributed by atoms with Crippen LogP contribution < -0.4 is 5.73 Å². The maximum absolute atomic E-state index is 5.86. The van der Waals surface area contributed by atoms with Gasteiger partial charge in [0.05, 0.1) is 0 Å². The summed E-state index contributed by atoms with van der Waals surface area (Å²) in [5.74, 6) is 0. The molecule has 0 bridgehead atoms. The predicted molar refractivity (Wildman–Crippen MR) is 60.6 cm³/mol. The molecule has 14 heavy (non-hydrogen) atoms. The lowest BCUT2D eigenvalue weighted by molar-refractivity contribution is 0.620. The Hall–Kier alpha value is -0.600. The van der Waals surface area contributed by atoms with Crippen LogP contribution in [0, 0.1) is 6.92 Å². The van der Waals surface area contributed by atoms with E-state index in [2.05, 4.69) is 11.1 Å². The van der Waals surface area contributed by atoms with Crippen LogP contribution in [0.1, 0.15) is 31.0 Å². The topological polar surface area (TPSA) is 38.9 Å². The third kappa shape index (κ3) is 4.07. The Morgan fingerprint density at radius 2 is 2.21 bits per heavy atom. The molecular weight excluding hydrogens is 196 g/mol. The maximum Gasteiger partial charge on any atom is 0.129 e. The van der Waals surface area contributed by atoms with Crippen molar-refractivity contribution < 1.29 is 0 Å². The summed E-state index contributed by atoms with van der Waals surface area (Å²) >= 11 is 5.86. The molecule has 0 amide bonds. The third-order valence-electron chi connectivity index (χ3n) is 2.08. The molecule has 2 N–H and O–H groups in total. The van der Waals surface area contributed by atoms with E-state index in [1.165, 1.54) is 5.56 Å². The lowest BCUT2D eigenvalue weighted by atomic mass is 10.1. The van der Waals surface area contributed by atoms with Crippen molar-refractivity contribution >= 4 is 11.6 Å². The Kier molecular flexibility index (Phi) is 4.36. The van der Waals surface area contributed by atoms with Gasteiger partial charge >= 0.3 is 0 Å². The van der Waals surface area contributed by atoms with Crippen molar-refractivity contribution in [3.63, 3.8) is 0 Å². The maximum atomic E-state index is 5.86. The van der Waals surface area contributed by atoms with Crippen molar-refractivity contribution in [3.05, 3.63) is 28.5 Å². The quantitative estimate of drug-likeness (QED) is 0.780. The Balaban J connectivity index is 2.50. The van der Waals surface area contributed by atoms with E-state index in [1.807, 2.05) is 19.9 Å². The van der Waals surface area contributed by atoms with E-state index >= 15 is 0 Å². The molecule has 0 saturated carbocycles. The fourth-order valence-corrected chi connectivity index (χ4v) is 1.71. The van der Waals surface area contributed by atoms with Gasteiger partial charge in [-0.05, 0) is 50.8 Å². The molecule has 2 nitrogen and oxygen atoms in total. The van der Waals surface area contributed by atoms with Gasteiger partial charge in [0.25, 0.3) is 0 Å². The van der Waals surface area contributed by atoms with Crippen LogP contribution in [0.5, 0.6) is 0 Å². The second-order valence-corrected chi connectivity index (χ2v) is 4.22. The van der Waals surface area contributed by atoms with E-state index in [4.69, 9.17) is 17.3 Å². The average molecular weight is 213 g/mol. The van der Waals surface area contributed by atoms with Crippen molar-refractivity contribution in [3.8, 4) is 0 Å². The minimum absolute atomic E-state index is 0.273. The minimum atomic E-state index is 0.273. The van der Waals surface area contributed by atoms with Crippen LogP contribution in [0.2, 0.25) is 5.15 Å². The summed E-state index contributed by atoms with van der Waals surface area (Å²) in [5, 5.41) is 0.584. The normalized spacial score (nSPS) is 12.9. The largest absolute Gasteiger partial charge is 0.328 e. The molecule has 1 heterocycles. The summed E-state index contributed by atoms with van der Waals surface area (Å²) in [5.41, 5.74) is 7.90. The van der Waals surface area contributed by atoms with E-state index in [0.29, 0.717) is 5.15 Å². The summed E-state index contributed by atoms with van der Waals surface area (Å²) in [7, 11) is 0. The van der Waals surface area contributed by atoms with E-state index < -0.39 is 0 Å². The fraction of sp³-hybridized carbons (Fsp3) is 0.545. The highest BCUT2D eigenvalue weighted by atomic mass is 35.5. The molecule has 78 valence electrons. The molecule has 0 fully saturated rings. The molecule has 1 aromatic heterocycles. The zero-order valence-corrected chi connectivity index (χ0v) is 9.51. The van der Waals surface area contributed by atoms with Gasteiger partial charge in [0.15, 0.2) is 0 Å². The molecule has 0 radical (unpaired) electrons. The second-order valence-electron chi connectivity index (χ2n) is 3.83. The average Bonchev–Trinajstić information content (AvgIpc) is 2.01. The van der Waals surface area contributed by atoms with Crippen LogP contribution in [0.4, 0.5) is 0 Å². The van der Waals surface area contributed by atoms with Crippen molar-refractivity contribution in [1.29, 1.82) is 0 Å². The summed E-state index contributed by atoms with van der Waals surface area (Å²) in [6.45, 7) is 4.05. The highest BCUT2D eigenvalue weighted by Gasteiger charge is 2.00. The van der Waals surface area contributed by atoms with Crippen molar-refractivity contribution in [1.82, 2.24) is 4.98 Å². The lowest BCUT2D eigenvalue weighted by Crippen LogP contribution is -2.14. The minimum Gasteiger partial charge on any atom is -0.328 e. The molecule has 0 spiro atoms. The molecule has 0 aliphatic heterocycles. The molecule has 1 rings (SSSR count). The molecule has 0 aliphatic rings. The van der Waals surface area contributed by atoms with Crippen LogP contribution >= 0.6 is 11.6 Å². The molecule has 0 unspecified atom stereocenters. The fourth-order valence-electron chi connectivity index (χ4n) is 1.43.